The number of rotatable bonds is 8. The van der Waals surface area contributed by atoms with Crippen molar-refractivity contribution >= 4 is 0 Å². The number of hydrogen-bond acceptors (Lipinski definition) is 4. The Balaban J connectivity index is 0.930. The summed E-state index contributed by atoms with van der Waals surface area (Å²) >= 11 is 0. The average Bonchev–Trinajstić information content (AvgIpc) is 3.74. The molecule has 0 spiro atoms. The van der Waals surface area contributed by atoms with Crippen LogP contribution in [0.4, 0.5) is 0 Å². The molecule has 0 unspecified atom stereocenters. The lowest BCUT2D eigenvalue weighted by Gasteiger charge is -2.29. The van der Waals surface area contributed by atoms with E-state index in [-0.39, 0.29) is 12.6 Å². The molecule has 2 aliphatic carbocycles. The first-order chi connectivity index (χ1) is 19.8. The minimum atomic E-state index is 0.0536. The lowest BCUT2D eigenvalue weighted by Crippen LogP contribution is -2.16. The van der Waals surface area contributed by atoms with E-state index in [0.717, 1.165) is 62.2 Å². The van der Waals surface area contributed by atoms with Crippen molar-refractivity contribution in [1.29, 1.82) is 0 Å². The Kier molecular flexibility index (Phi) is 9.90. The van der Waals surface area contributed by atoms with Gasteiger partial charge in [0.15, 0.2) is 12.6 Å². The highest BCUT2D eigenvalue weighted by Gasteiger charge is 2.26. The van der Waals surface area contributed by atoms with Crippen LogP contribution in [0.15, 0.2) is 48.5 Å². The molecule has 2 saturated carbocycles. The fraction of sp³-hybridized carbons (Fsp3) is 0.611. The molecule has 40 heavy (non-hydrogen) atoms. The SMILES string of the molecule is C(#Cc1ccc(C2CCC(CCC3OCCO3)CC2)cc1)c1ccc(C2CCC(CCC3OCCO3)CC2)cc1. The van der Waals surface area contributed by atoms with Crippen molar-refractivity contribution in [2.75, 3.05) is 26.4 Å². The molecule has 4 fully saturated rings. The Morgan fingerprint density at radius 1 is 0.450 bits per heavy atom. The summed E-state index contributed by atoms with van der Waals surface area (Å²) in [6.45, 7) is 3.05. The third-order valence-electron chi connectivity index (χ3n) is 9.81. The highest BCUT2D eigenvalue weighted by molar-refractivity contribution is 5.44. The van der Waals surface area contributed by atoms with Gasteiger partial charge in [0.25, 0.3) is 0 Å². The van der Waals surface area contributed by atoms with Crippen LogP contribution >= 0.6 is 0 Å². The molecule has 2 saturated heterocycles. The molecule has 6 rings (SSSR count). The molecule has 2 aromatic carbocycles. The van der Waals surface area contributed by atoms with Crippen LogP contribution in [0, 0.1) is 23.7 Å². The molecule has 4 aliphatic rings. The fourth-order valence-corrected chi connectivity index (χ4v) is 7.28. The van der Waals surface area contributed by atoms with Crippen LogP contribution < -0.4 is 0 Å². The van der Waals surface area contributed by atoms with E-state index >= 15 is 0 Å². The van der Waals surface area contributed by atoms with E-state index in [1.807, 2.05) is 0 Å². The maximum atomic E-state index is 5.61. The Morgan fingerprint density at radius 2 is 0.800 bits per heavy atom. The first-order valence-corrected chi connectivity index (χ1v) is 16.0. The van der Waals surface area contributed by atoms with Gasteiger partial charge in [0.2, 0.25) is 0 Å². The third-order valence-corrected chi connectivity index (χ3v) is 9.81. The first-order valence-electron chi connectivity index (χ1n) is 16.0. The molecule has 0 aromatic heterocycles. The van der Waals surface area contributed by atoms with Crippen molar-refractivity contribution in [3.8, 4) is 11.8 Å². The van der Waals surface area contributed by atoms with Crippen LogP contribution in [-0.2, 0) is 18.9 Å². The van der Waals surface area contributed by atoms with E-state index in [4.69, 9.17) is 18.9 Å². The molecule has 0 bridgehead atoms. The van der Waals surface area contributed by atoms with Crippen molar-refractivity contribution < 1.29 is 18.9 Å². The molecule has 4 heteroatoms. The lowest BCUT2D eigenvalue weighted by molar-refractivity contribution is -0.0512. The molecular weight excluding hydrogens is 496 g/mol. The van der Waals surface area contributed by atoms with Crippen molar-refractivity contribution in [3.05, 3.63) is 70.8 Å². The van der Waals surface area contributed by atoms with Crippen LogP contribution in [-0.4, -0.2) is 39.0 Å². The van der Waals surface area contributed by atoms with E-state index < -0.39 is 0 Å². The Labute approximate surface area is 241 Å². The molecule has 2 aliphatic heterocycles. The van der Waals surface area contributed by atoms with Crippen LogP contribution in [0.1, 0.15) is 111 Å². The largest absolute Gasteiger partial charge is 0.350 e. The summed E-state index contributed by atoms with van der Waals surface area (Å²) in [4.78, 5) is 0. The molecular formula is C36H46O4. The summed E-state index contributed by atoms with van der Waals surface area (Å²) in [7, 11) is 0. The molecule has 2 aromatic rings. The Hall–Kier alpha value is -2.16. The smallest absolute Gasteiger partial charge is 0.157 e. The van der Waals surface area contributed by atoms with Gasteiger partial charge in [-0.3, -0.25) is 0 Å². The van der Waals surface area contributed by atoms with Gasteiger partial charge < -0.3 is 18.9 Å². The van der Waals surface area contributed by atoms with Crippen molar-refractivity contribution in [2.45, 2.75) is 101 Å². The third kappa shape index (κ3) is 7.77. The summed E-state index contributed by atoms with van der Waals surface area (Å²) in [6.07, 6.45) is 15.1. The second-order valence-electron chi connectivity index (χ2n) is 12.4. The molecule has 4 nitrogen and oxygen atoms in total. The topological polar surface area (TPSA) is 36.9 Å². The van der Waals surface area contributed by atoms with Crippen LogP contribution in [0.3, 0.4) is 0 Å². The zero-order chi connectivity index (χ0) is 27.0. The van der Waals surface area contributed by atoms with Gasteiger partial charge in [0, 0.05) is 11.1 Å². The standard InChI is InChI=1S/C36H46O4/c1(27-3-13-31(14-4-27)33-17-7-29(8-18-33)11-21-35-37-23-24-38-35)2-28-5-15-32(16-6-28)34-19-9-30(10-20-34)12-22-36-39-25-26-40-36/h3-6,13-16,29-30,33-36H,7-12,17-26H2. The number of ether oxygens (including phenoxy) is 4. The zero-order valence-electron chi connectivity index (χ0n) is 24.0. The molecule has 0 atom stereocenters. The van der Waals surface area contributed by atoms with E-state index in [1.165, 1.54) is 75.3 Å². The van der Waals surface area contributed by atoms with Gasteiger partial charge in [-0.05, 0) is 136 Å². The minimum Gasteiger partial charge on any atom is -0.350 e. The van der Waals surface area contributed by atoms with Crippen molar-refractivity contribution in [1.82, 2.24) is 0 Å². The molecule has 2 heterocycles. The molecule has 0 radical (unpaired) electrons. The zero-order valence-corrected chi connectivity index (χ0v) is 24.0. The fourth-order valence-electron chi connectivity index (χ4n) is 7.28. The Morgan fingerprint density at radius 3 is 1.15 bits per heavy atom. The maximum Gasteiger partial charge on any atom is 0.157 e. The molecule has 214 valence electrons. The predicted molar refractivity (Wildman–Crippen MR) is 158 cm³/mol. The predicted octanol–water partition coefficient (Wildman–Crippen LogP) is 7.94. The van der Waals surface area contributed by atoms with Crippen molar-refractivity contribution in [2.24, 2.45) is 11.8 Å². The molecule has 0 amide bonds. The van der Waals surface area contributed by atoms with Gasteiger partial charge in [-0.2, -0.15) is 0 Å². The first kappa shape index (κ1) is 28.0. The average molecular weight is 543 g/mol. The normalized spacial score (nSPS) is 27.9. The molecule has 0 N–H and O–H groups in total. The van der Waals surface area contributed by atoms with Gasteiger partial charge in [0.1, 0.15) is 0 Å². The van der Waals surface area contributed by atoms with Gasteiger partial charge in [0.05, 0.1) is 26.4 Å². The monoisotopic (exact) mass is 542 g/mol. The van der Waals surface area contributed by atoms with Crippen LogP contribution in [0.5, 0.6) is 0 Å². The quantitative estimate of drug-likeness (QED) is 0.317. The Bertz CT molecular complexity index is 999. The van der Waals surface area contributed by atoms with Gasteiger partial charge in [-0.25, -0.2) is 0 Å². The summed E-state index contributed by atoms with van der Waals surface area (Å²) in [6, 6.07) is 18.1. The van der Waals surface area contributed by atoms with E-state index in [1.54, 1.807) is 0 Å². The number of benzene rings is 2. The second-order valence-corrected chi connectivity index (χ2v) is 12.4. The summed E-state index contributed by atoms with van der Waals surface area (Å²) in [5, 5.41) is 0. The lowest BCUT2D eigenvalue weighted by atomic mass is 9.77. The van der Waals surface area contributed by atoms with E-state index in [0.29, 0.717) is 11.8 Å². The highest BCUT2D eigenvalue weighted by Crippen LogP contribution is 2.39. The minimum absolute atomic E-state index is 0.0536. The van der Waals surface area contributed by atoms with Crippen molar-refractivity contribution in [3.63, 3.8) is 0 Å². The summed E-state index contributed by atoms with van der Waals surface area (Å²) < 4.78 is 22.4. The maximum absolute atomic E-state index is 5.61. The summed E-state index contributed by atoms with van der Waals surface area (Å²) in [5.41, 5.74) is 5.16. The number of hydrogen-bond donors (Lipinski definition) is 0. The van der Waals surface area contributed by atoms with Gasteiger partial charge in [-0.15, -0.1) is 0 Å². The van der Waals surface area contributed by atoms with Crippen LogP contribution in [0.2, 0.25) is 0 Å². The second kappa shape index (κ2) is 14.1. The van der Waals surface area contributed by atoms with Gasteiger partial charge in [-0.1, -0.05) is 36.1 Å². The summed E-state index contributed by atoms with van der Waals surface area (Å²) in [5.74, 6) is 9.81. The van der Waals surface area contributed by atoms with Gasteiger partial charge >= 0.3 is 0 Å². The van der Waals surface area contributed by atoms with E-state index in [2.05, 4.69) is 60.4 Å². The van der Waals surface area contributed by atoms with Crippen LogP contribution in [0.25, 0.3) is 0 Å². The highest BCUT2D eigenvalue weighted by atomic mass is 16.7. The van der Waals surface area contributed by atoms with E-state index in [9.17, 15) is 0 Å².